The zero-order valence-electron chi connectivity index (χ0n) is 13.1. The van der Waals surface area contributed by atoms with Gasteiger partial charge in [0.15, 0.2) is 6.29 Å². The van der Waals surface area contributed by atoms with E-state index in [4.69, 9.17) is 9.47 Å². The summed E-state index contributed by atoms with van der Waals surface area (Å²) in [5.74, 6) is 0.163. The van der Waals surface area contributed by atoms with E-state index in [1.54, 1.807) is 11.3 Å². The standard InChI is InChI=1S/C16H24N2O3S/c1-17(10-13-5-9-22-12-13)15(19)11-18-6-3-2-4-14(18)16-20-7-8-21-16/h5,9,12,14,16H,2-4,6-8,10-11H2,1H3. The number of amides is 1. The van der Waals surface area contributed by atoms with Crippen molar-refractivity contribution in [2.45, 2.75) is 38.1 Å². The lowest BCUT2D eigenvalue weighted by molar-refractivity contribution is -0.139. The number of nitrogens with zero attached hydrogens (tertiary/aromatic N) is 2. The minimum Gasteiger partial charge on any atom is -0.349 e. The quantitative estimate of drug-likeness (QED) is 0.830. The fourth-order valence-corrected chi connectivity index (χ4v) is 3.82. The highest BCUT2D eigenvalue weighted by molar-refractivity contribution is 7.07. The van der Waals surface area contributed by atoms with Crippen molar-refractivity contribution in [2.24, 2.45) is 0 Å². The molecule has 3 rings (SSSR count). The fraction of sp³-hybridized carbons (Fsp3) is 0.688. The molecular weight excluding hydrogens is 300 g/mol. The summed E-state index contributed by atoms with van der Waals surface area (Å²) >= 11 is 1.66. The van der Waals surface area contributed by atoms with E-state index in [2.05, 4.69) is 16.3 Å². The lowest BCUT2D eigenvalue weighted by Gasteiger charge is -2.38. The van der Waals surface area contributed by atoms with E-state index in [-0.39, 0.29) is 18.2 Å². The van der Waals surface area contributed by atoms with Gasteiger partial charge in [-0.3, -0.25) is 9.69 Å². The van der Waals surface area contributed by atoms with Gasteiger partial charge in [-0.2, -0.15) is 11.3 Å². The Morgan fingerprint density at radius 3 is 2.95 bits per heavy atom. The first-order chi connectivity index (χ1) is 10.7. The van der Waals surface area contributed by atoms with E-state index >= 15 is 0 Å². The third kappa shape index (κ3) is 3.87. The first kappa shape index (κ1) is 15.9. The largest absolute Gasteiger partial charge is 0.349 e. The maximum Gasteiger partial charge on any atom is 0.236 e. The topological polar surface area (TPSA) is 42.0 Å². The zero-order valence-corrected chi connectivity index (χ0v) is 13.9. The van der Waals surface area contributed by atoms with Crippen molar-refractivity contribution in [1.82, 2.24) is 9.80 Å². The van der Waals surface area contributed by atoms with Gasteiger partial charge in [0, 0.05) is 13.6 Å². The number of likely N-dealkylation sites (N-methyl/N-ethyl adjacent to an activating group) is 1. The molecular formula is C16H24N2O3S. The minimum atomic E-state index is -0.157. The molecule has 122 valence electrons. The van der Waals surface area contributed by atoms with E-state index in [0.717, 1.165) is 19.4 Å². The number of piperidine rings is 1. The van der Waals surface area contributed by atoms with Gasteiger partial charge < -0.3 is 14.4 Å². The summed E-state index contributed by atoms with van der Waals surface area (Å²) in [4.78, 5) is 16.6. The van der Waals surface area contributed by atoms with Crippen molar-refractivity contribution >= 4 is 17.2 Å². The van der Waals surface area contributed by atoms with Crippen molar-refractivity contribution in [2.75, 3.05) is 33.4 Å². The van der Waals surface area contributed by atoms with Gasteiger partial charge in [0.25, 0.3) is 0 Å². The van der Waals surface area contributed by atoms with Crippen LogP contribution in [0.1, 0.15) is 24.8 Å². The van der Waals surface area contributed by atoms with Crippen molar-refractivity contribution in [3.63, 3.8) is 0 Å². The van der Waals surface area contributed by atoms with Crippen LogP contribution in [-0.4, -0.2) is 61.4 Å². The third-order valence-corrected chi connectivity index (χ3v) is 5.12. The number of rotatable bonds is 5. The molecule has 22 heavy (non-hydrogen) atoms. The van der Waals surface area contributed by atoms with Gasteiger partial charge in [-0.1, -0.05) is 6.42 Å². The van der Waals surface area contributed by atoms with E-state index < -0.39 is 0 Å². The average Bonchev–Trinajstić information content (AvgIpc) is 3.21. The summed E-state index contributed by atoms with van der Waals surface area (Å²) in [6.07, 6.45) is 3.22. The molecule has 0 spiro atoms. The molecule has 0 radical (unpaired) electrons. The van der Waals surface area contributed by atoms with Crippen LogP contribution in [0.5, 0.6) is 0 Å². The molecule has 2 saturated heterocycles. The molecule has 6 heteroatoms. The highest BCUT2D eigenvalue weighted by Gasteiger charge is 2.34. The molecule has 2 aliphatic heterocycles. The lowest BCUT2D eigenvalue weighted by atomic mass is 10.0. The van der Waals surface area contributed by atoms with Crippen LogP contribution < -0.4 is 0 Å². The number of thiophene rings is 1. The van der Waals surface area contributed by atoms with Crippen molar-refractivity contribution in [1.29, 1.82) is 0 Å². The maximum absolute atomic E-state index is 12.5. The molecule has 0 bridgehead atoms. The Morgan fingerprint density at radius 1 is 1.41 bits per heavy atom. The zero-order chi connectivity index (χ0) is 15.4. The van der Waals surface area contributed by atoms with Crippen LogP contribution in [0.15, 0.2) is 16.8 Å². The number of likely N-dealkylation sites (tertiary alicyclic amines) is 1. The van der Waals surface area contributed by atoms with Gasteiger partial charge in [0.2, 0.25) is 5.91 Å². The molecule has 0 aliphatic carbocycles. The molecule has 2 fully saturated rings. The molecule has 5 nitrogen and oxygen atoms in total. The summed E-state index contributed by atoms with van der Waals surface area (Å²) in [5.41, 5.74) is 1.19. The highest BCUT2D eigenvalue weighted by Crippen LogP contribution is 2.24. The van der Waals surface area contributed by atoms with Crippen LogP contribution in [-0.2, 0) is 20.8 Å². The van der Waals surface area contributed by atoms with E-state index in [1.807, 2.05) is 17.3 Å². The fourth-order valence-electron chi connectivity index (χ4n) is 3.16. The maximum atomic E-state index is 12.5. The Morgan fingerprint density at radius 2 is 2.23 bits per heavy atom. The first-order valence-electron chi connectivity index (χ1n) is 7.96. The van der Waals surface area contributed by atoms with Gasteiger partial charge in [0.1, 0.15) is 0 Å². The van der Waals surface area contributed by atoms with Crippen LogP contribution in [0.4, 0.5) is 0 Å². The number of carbonyl (C=O) groups is 1. The van der Waals surface area contributed by atoms with Crippen molar-refractivity contribution in [3.05, 3.63) is 22.4 Å². The van der Waals surface area contributed by atoms with E-state index in [0.29, 0.717) is 26.3 Å². The van der Waals surface area contributed by atoms with E-state index in [1.165, 1.54) is 12.0 Å². The smallest absolute Gasteiger partial charge is 0.236 e. The Bertz CT molecular complexity index is 474. The Hall–Kier alpha value is -0.950. The Labute approximate surface area is 135 Å². The second kappa shape index (κ2) is 7.55. The number of ether oxygens (including phenoxy) is 2. The molecule has 3 heterocycles. The van der Waals surface area contributed by atoms with E-state index in [9.17, 15) is 4.79 Å². The average molecular weight is 324 g/mol. The summed E-state index contributed by atoms with van der Waals surface area (Å²) in [6.45, 7) is 3.42. The van der Waals surface area contributed by atoms with Gasteiger partial charge in [-0.05, 0) is 41.8 Å². The predicted molar refractivity (Wildman–Crippen MR) is 85.7 cm³/mol. The summed E-state index contributed by atoms with van der Waals surface area (Å²) in [5, 5.41) is 4.14. The van der Waals surface area contributed by atoms with Crippen LogP contribution in [0.2, 0.25) is 0 Å². The van der Waals surface area contributed by atoms with Crippen LogP contribution in [0.25, 0.3) is 0 Å². The highest BCUT2D eigenvalue weighted by atomic mass is 32.1. The number of hydrogen-bond acceptors (Lipinski definition) is 5. The summed E-state index contributed by atoms with van der Waals surface area (Å²) in [6, 6.07) is 2.29. The molecule has 1 aromatic heterocycles. The van der Waals surface area contributed by atoms with Crippen molar-refractivity contribution in [3.8, 4) is 0 Å². The van der Waals surface area contributed by atoms with Gasteiger partial charge in [0.05, 0.1) is 25.8 Å². The Kier molecular flexibility index (Phi) is 5.46. The monoisotopic (exact) mass is 324 g/mol. The second-order valence-corrected chi connectivity index (χ2v) is 6.81. The molecule has 1 aromatic rings. The van der Waals surface area contributed by atoms with Gasteiger partial charge >= 0.3 is 0 Å². The third-order valence-electron chi connectivity index (χ3n) is 4.39. The molecule has 1 unspecified atom stereocenters. The normalized spacial score (nSPS) is 23.8. The summed E-state index contributed by atoms with van der Waals surface area (Å²) in [7, 11) is 1.88. The SMILES string of the molecule is CN(Cc1ccsc1)C(=O)CN1CCCCC1C1OCCO1. The van der Waals surface area contributed by atoms with Gasteiger partial charge in [-0.25, -0.2) is 0 Å². The molecule has 0 aromatic carbocycles. The molecule has 1 atom stereocenters. The summed E-state index contributed by atoms with van der Waals surface area (Å²) < 4.78 is 11.3. The lowest BCUT2D eigenvalue weighted by Crippen LogP contribution is -2.51. The molecule has 0 saturated carbocycles. The number of hydrogen-bond donors (Lipinski definition) is 0. The van der Waals surface area contributed by atoms with Gasteiger partial charge in [-0.15, -0.1) is 0 Å². The number of carbonyl (C=O) groups excluding carboxylic acids is 1. The van der Waals surface area contributed by atoms with Crippen LogP contribution in [0.3, 0.4) is 0 Å². The van der Waals surface area contributed by atoms with Crippen molar-refractivity contribution < 1.29 is 14.3 Å². The molecule has 1 amide bonds. The minimum absolute atomic E-state index is 0.157. The molecule has 0 N–H and O–H groups in total. The predicted octanol–water partition coefficient (Wildman–Crippen LogP) is 1.93. The molecule has 2 aliphatic rings. The van der Waals surface area contributed by atoms with Crippen LogP contribution in [0, 0.1) is 0 Å². The van der Waals surface area contributed by atoms with Crippen LogP contribution >= 0.6 is 11.3 Å². The first-order valence-corrected chi connectivity index (χ1v) is 8.90. The Balaban J connectivity index is 1.56. The second-order valence-electron chi connectivity index (χ2n) is 6.02.